The molecule has 0 atom stereocenters. The van der Waals surface area contributed by atoms with Gasteiger partial charge in [-0.15, -0.1) is 0 Å². The van der Waals surface area contributed by atoms with Gasteiger partial charge in [0.25, 0.3) is 5.91 Å². The van der Waals surface area contributed by atoms with Crippen molar-refractivity contribution in [2.75, 3.05) is 36.4 Å². The van der Waals surface area contributed by atoms with Gasteiger partial charge in [-0.1, -0.05) is 12.1 Å². The molecule has 1 aromatic heterocycles. The van der Waals surface area contributed by atoms with Gasteiger partial charge in [-0.25, -0.2) is 9.97 Å². The van der Waals surface area contributed by atoms with Crippen LogP contribution < -0.4 is 10.2 Å². The lowest BCUT2D eigenvalue weighted by Gasteiger charge is -2.33. The van der Waals surface area contributed by atoms with E-state index in [1.807, 2.05) is 4.90 Å². The van der Waals surface area contributed by atoms with E-state index in [-0.39, 0.29) is 17.4 Å². The molecule has 1 aromatic carbocycles. The molecule has 8 nitrogen and oxygen atoms in total. The number of benzene rings is 1. The van der Waals surface area contributed by atoms with Crippen molar-refractivity contribution in [3.05, 3.63) is 47.4 Å². The fraction of sp³-hybridized carbons (Fsp3) is 0.316. The highest BCUT2D eigenvalue weighted by Crippen LogP contribution is 2.17. The molecular weight excluding hydrogens is 346 g/mol. The van der Waals surface area contributed by atoms with E-state index in [0.717, 1.165) is 6.41 Å². The van der Waals surface area contributed by atoms with Gasteiger partial charge >= 0.3 is 0 Å². The van der Waals surface area contributed by atoms with E-state index in [1.165, 1.54) is 6.92 Å². The minimum Gasteiger partial charge on any atom is -0.353 e. The van der Waals surface area contributed by atoms with Gasteiger partial charge in [-0.05, 0) is 26.0 Å². The Balaban J connectivity index is 1.77. The number of aryl methyl sites for hydroxylation is 1. The van der Waals surface area contributed by atoms with Gasteiger partial charge in [-0.2, -0.15) is 0 Å². The third-order valence-electron chi connectivity index (χ3n) is 4.37. The number of Topliss-reactive ketones (excluding diaryl/α,β-unsaturated/α-hetero) is 1. The summed E-state index contributed by atoms with van der Waals surface area (Å²) in [6.45, 7) is 5.75. The number of carbonyl (C=O) groups is 3. The van der Waals surface area contributed by atoms with Crippen LogP contribution in [0, 0.1) is 6.92 Å². The molecule has 1 N–H and O–H groups in total. The van der Waals surface area contributed by atoms with Crippen molar-refractivity contribution in [1.82, 2.24) is 14.9 Å². The number of hydrogen-bond donors (Lipinski definition) is 1. The van der Waals surface area contributed by atoms with Crippen LogP contribution in [0.25, 0.3) is 0 Å². The molecule has 1 aliphatic rings. The molecule has 8 heteroatoms. The van der Waals surface area contributed by atoms with Crippen LogP contribution in [-0.2, 0) is 4.79 Å². The number of nitrogens with one attached hydrogen (secondary N) is 1. The maximum Gasteiger partial charge on any atom is 0.274 e. The molecule has 2 heterocycles. The number of amides is 2. The minimum absolute atomic E-state index is 0.0688. The summed E-state index contributed by atoms with van der Waals surface area (Å²) < 4.78 is 0. The molecule has 1 fully saturated rings. The summed E-state index contributed by atoms with van der Waals surface area (Å²) in [6.07, 6.45) is 0.844. The van der Waals surface area contributed by atoms with Crippen molar-refractivity contribution in [2.45, 2.75) is 13.8 Å². The first kappa shape index (κ1) is 18.5. The summed E-state index contributed by atoms with van der Waals surface area (Å²) >= 11 is 0. The van der Waals surface area contributed by atoms with Crippen molar-refractivity contribution in [3.63, 3.8) is 0 Å². The third kappa shape index (κ3) is 4.46. The Hall–Kier alpha value is -3.29. The quantitative estimate of drug-likeness (QED) is 0.636. The first-order valence-corrected chi connectivity index (χ1v) is 8.68. The number of aromatic nitrogens is 2. The van der Waals surface area contributed by atoms with Crippen LogP contribution in [0.15, 0.2) is 30.3 Å². The molecule has 0 radical (unpaired) electrons. The number of anilines is 2. The predicted molar refractivity (Wildman–Crippen MR) is 101 cm³/mol. The zero-order valence-electron chi connectivity index (χ0n) is 15.3. The van der Waals surface area contributed by atoms with Crippen molar-refractivity contribution in [1.29, 1.82) is 0 Å². The van der Waals surface area contributed by atoms with Gasteiger partial charge in [0.15, 0.2) is 5.78 Å². The van der Waals surface area contributed by atoms with E-state index >= 15 is 0 Å². The van der Waals surface area contributed by atoms with Gasteiger partial charge in [0.05, 0.1) is 0 Å². The summed E-state index contributed by atoms with van der Waals surface area (Å²) in [5.41, 5.74) is 1.31. The first-order valence-electron chi connectivity index (χ1n) is 8.68. The molecule has 2 amide bonds. The lowest BCUT2D eigenvalue weighted by Crippen LogP contribution is -2.46. The van der Waals surface area contributed by atoms with Crippen LogP contribution >= 0.6 is 0 Å². The largest absolute Gasteiger partial charge is 0.353 e. The minimum atomic E-state index is -0.367. The third-order valence-corrected chi connectivity index (χ3v) is 4.37. The van der Waals surface area contributed by atoms with Gasteiger partial charge in [0.1, 0.15) is 17.3 Å². The highest BCUT2D eigenvalue weighted by molar-refractivity contribution is 6.04. The molecule has 27 heavy (non-hydrogen) atoms. The zero-order chi connectivity index (χ0) is 19.4. The molecule has 0 saturated carbocycles. The lowest BCUT2D eigenvalue weighted by molar-refractivity contribution is -0.118. The Morgan fingerprint density at radius 2 is 1.85 bits per heavy atom. The standard InChI is InChI=1S/C19H21N5O3/c1-13(26)15-4-3-5-16(10-15)22-19(27)17-11-18(21-14(2)20-17)24-8-6-23(12-25)7-9-24/h3-5,10-12H,6-9H2,1-2H3,(H,22,27). The van der Waals surface area contributed by atoms with Crippen LogP contribution in [-0.4, -0.2) is 59.1 Å². The maximum absolute atomic E-state index is 12.6. The monoisotopic (exact) mass is 367 g/mol. The second-order valence-corrected chi connectivity index (χ2v) is 6.38. The average molecular weight is 367 g/mol. The highest BCUT2D eigenvalue weighted by Gasteiger charge is 2.19. The maximum atomic E-state index is 12.6. The van der Waals surface area contributed by atoms with E-state index in [1.54, 1.807) is 42.2 Å². The fourth-order valence-corrected chi connectivity index (χ4v) is 2.90. The van der Waals surface area contributed by atoms with Gasteiger partial charge < -0.3 is 15.1 Å². The summed E-state index contributed by atoms with van der Waals surface area (Å²) in [5.74, 6) is 0.721. The van der Waals surface area contributed by atoms with Gasteiger partial charge in [0, 0.05) is 43.5 Å². The number of nitrogens with zero attached hydrogens (tertiary/aromatic N) is 4. The summed E-state index contributed by atoms with van der Waals surface area (Å²) in [4.78, 5) is 47.4. The van der Waals surface area contributed by atoms with Crippen LogP contribution in [0.4, 0.5) is 11.5 Å². The van der Waals surface area contributed by atoms with Crippen molar-refractivity contribution >= 4 is 29.6 Å². The summed E-state index contributed by atoms with van der Waals surface area (Å²) in [5, 5.41) is 2.77. The normalized spacial score (nSPS) is 14.0. The number of carbonyl (C=O) groups excluding carboxylic acids is 3. The second kappa shape index (κ2) is 7.94. The van der Waals surface area contributed by atoms with E-state index in [0.29, 0.717) is 49.1 Å². The van der Waals surface area contributed by atoms with Crippen LogP contribution in [0.5, 0.6) is 0 Å². The van der Waals surface area contributed by atoms with Crippen LogP contribution in [0.2, 0.25) is 0 Å². The zero-order valence-corrected chi connectivity index (χ0v) is 15.3. The Morgan fingerprint density at radius 1 is 1.11 bits per heavy atom. The molecule has 1 aliphatic heterocycles. The van der Waals surface area contributed by atoms with Crippen molar-refractivity contribution in [2.24, 2.45) is 0 Å². The number of hydrogen-bond acceptors (Lipinski definition) is 6. The molecule has 0 unspecified atom stereocenters. The highest BCUT2D eigenvalue weighted by atomic mass is 16.2. The van der Waals surface area contributed by atoms with E-state index in [4.69, 9.17) is 0 Å². The molecule has 3 rings (SSSR count). The molecular formula is C19H21N5O3. The molecule has 0 aliphatic carbocycles. The Bertz CT molecular complexity index is 875. The van der Waals surface area contributed by atoms with Gasteiger partial charge in [-0.3, -0.25) is 14.4 Å². The predicted octanol–water partition coefficient (Wildman–Crippen LogP) is 1.52. The Labute approximate surface area is 157 Å². The van der Waals surface area contributed by atoms with E-state index in [9.17, 15) is 14.4 Å². The Morgan fingerprint density at radius 3 is 2.52 bits per heavy atom. The molecule has 0 spiro atoms. The fourth-order valence-electron chi connectivity index (χ4n) is 2.90. The number of rotatable bonds is 5. The average Bonchev–Trinajstić information content (AvgIpc) is 2.67. The SMILES string of the molecule is CC(=O)c1cccc(NC(=O)c2cc(N3CCN(C=O)CC3)nc(C)n2)c1. The topological polar surface area (TPSA) is 95.5 Å². The number of ketones is 1. The second-order valence-electron chi connectivity index (χ2n) is 6.38. The summed E-state index contributed by atoms with van der Waals surface area (Å²) in [6, 6.07) is 8.42. The van der Waals surface area contributed by atoms with Crippen molar-refractivity contribution < 1.29 is 14.4 Å². The van der Waals surface area contributed by atoms with Crippen LogP contribution in [0.1, 0.15) is 33.6 Å². The summed E-state index contributed by atoms with van der Waals surface area (Å²) in [7, 11) is 0. The van der Waals surface area contributed by atoms with Gasteiger partial charge in [0.2, 0.25) is 6.41 Å². The Kier molecular flexibility index (Phi) is 5.44. The smallest absolute Gasteiger partial charge is 0.274 e. The van der Waals surface area contributed by atoms with Crippen molar-refractivity contribution in [3.8, 4) is 0 Å². The molecule has 2 aromatic rings. The van der Waals surface area contributed by atoms with E-state index in [2.05, 4.69) is 15.3 Å². The molecule has 1 saturated heterocycles. The lowest BCUT2D eigenvalue weighted by atomic mass is 10.1. The number of piperazine rings is 1. The van der Waals surface area contributed by atoms with Crippen LogP contribution in [0.3, 0.4) is 0 Å². The molecule has 0 bridgehead atoms. The van der Waals surface area contributed by atoms with E-state index < -0.39 is 0 Å². The first-order chi connectivity index (χ1) is 13.0. The molecule has 140 valence electrons.